The highest BCUT2D eigenvalue weighted by Gasteiger charge is 2.27. The molecule has 0 aromatic heterocycles. The van der Waals surface area contributed by atoms with Crippen LogP contribution >= 0.6 is 15.9 Å². The largest absolute Gasteiger partial charge is 0.352 e. The second-order valence-corrected chi connectivity index (χ2v) is 11.3. The number of carbonyl (C=O) groups is 2. The van der Waals surface area contributed by atoms with Crippen molar-refractivity contribution >= 4 is 43.5 Å². The molecule has 2 aromatic rings. The SMILES string of the molecule is CC(C)NC(=O)[C@@H](C)N(Cc1ccc(Br)cc1)C(=O)CCCN(c1ccc(F)c(F)c1)S(C)(=O)=O. The Morgan fingerprint density at radius 3 is 2.20 bits per heavy atom. The standard InChI is InChI=1S/C24H30BrF2N3O4S/c1-16(2)28-24(32)17(3)29(15-18-7-9-19(25)10-8-18)23(31)6-5-13-30(35(4,33)34)20-11-12-21(26)22(27)14-20/h7-12,14,16-17H,5-6,13,15H2,1-4H3,(H,28,32)/t17-/m1/s1. The first-order valence-corrected chi connectivity index (χ1v) is 13.7. The lowest BCUT2D eigenvalue weighted by Crippen LogP contribution is -2.49. The second kappa shape index (κ2) is 12.4. The predicted molar refractivity (Wildman–Crippen MR) is 135 cm³/mol. The van der Waals surface area contributed by atoms with Gasteiger partial charge in [0.15, 0.2) is 11.6 Å². The molecule has 0 saturated carbocycles. The Morgan fingerprint density at radius 2 is 1.66 bits per heavy atom. The molecule has 2 aromatic carbocycles. The van der Waals surface area contributed by atoms with E-state index in [0.29, 0.717) is 0 Å². The van der Waals surface area contributed by atoms with Gasteiger partial charge in [0.25, 0.3) is 0 Å². The summed E-state index contributed by atoms with van der Waals surface area (Å²) in [5, 5.41) is 2.80. The number of hydrogen-bond donors (Lipinski definition) is 1. The van der Waals surface area contributed by atoms with Crippen molar-refractivity contribution in [2.45, 2.75) is 52.2 Å². The molecule has 11 heteroatoms. The van der Waals surface area contributed by atoms with Crippen molar-refractivity contribution in [1.82, 2.24) is 10.2 Å². The Kier molecular flexibility index (Phi) is 10.2. The van der Waals surface area contributed by atoms with Gasteiger partial charge in [-0.2, -0.15) is 0 Å². The van der Waals surface area contributed by atoms with Crippen molar-refractivity contribution in [3.05, 3.63) is 64.1 Å². The number of nitrogens with zero attached hydrogens (tertiary/aromatic N) is 2. The second-order valence-electron chi connectivity index (χ2n) is 8.52. The van der Waals surface area contributed by atoms with Crippen molar-refractivity contribution in [2.24, 2.45) is 0 Å². The monoisotopic (exact) mass is 573 g/mol. The number of sulfonamides is 1. The molecular formula is C24H30BrF2N3O4S. The highest BCUT2D eigenvalue weighted by Crippen LogP contribution is 2.22. The van der Waals surface area contributed by atoms with Crippen molar-refractivity contribution in [3.8, 4) is 0 Å². The molecule has 0 saturated heterocycles. The maximum atomic E-state index is 13.7. The van der Waals surface area contributed by atoms with Crippen molar-refractivity contribution in [3.63, 3.8) is 0 Å². The summed E-state index contributed by atoms with van der Waals surface area (Å²) in [6.07, 6.45) is 1.01. The van der Waals surface area contributed by atoms with Gasteiger partial charge in [0.2, 0.25) is 21.8 Å². The Bertz CT molecular complexity index is 1140. The molecule has 1 atom stereocenters. The molecule has 0 spiro atoms. The fourth-order valence-corrected chi connectivity index (χ4v) is 4.64. The minimum Gasteiger partial charge on any atom is -0.352 e. The zero-order chi connectivity index (χ0) is 26.3. The van der Waals surface area contributed by atoms with Gasteiger partial charge >= 0.3 is 0 Å². The van der Waals surface area contributed by atoms with E-state index in [4.69, 9.17) is 0 Å². The van der Waals surface area contributed by atoms with Crippen LogP contribution in [0.4, 0.5) is 14.5 Å². The smallest absolute Gasteiger partial charge is 0.242 e. The molecule has 0 radical (unpaired) electrons. The van der Waals surface area contributed by atoms with Gasteiger partial charge in [-0.1, -0.05) is 28.1 Å². The van der Waals surface area contributed by atoms with E-state index in [0.717, 1.165) is 32.7 Å². The quantitative estimate of drug-likeness (QED) is 0.436. The lowest BCUT2D eigenvalue weighted by molar-refractivity contribution is -0.140. The third-order valence-corrected chi connectivity index (χ3v) is 6.93. The number of carbonyl (C=O) groups excluding carboxylic acids is 2. The van der Waals surface area contributed by atoms with E-state index < -0.39 is 27.7 Å². The Labute approximate surface area is 213 Å². The van der Waals surface area contributed by atoms with E-state index in [1.165, 1.54) is 11.0 Å². The maximum Gasteiger partial charge on any atom is 0.242 e. The number of hydrogen-bond acceptors (Lipinski definition) is 4. The molecule has 0 aliphatic heterocycles. The van der Waals surface area contributed by atoms with Crippen LogP contribution in [0.25, 0.3) is 0 Å². The minimum atomic E-state index is -3.81. The molecule has 0 unspecified atom stereocenters. The summed E-state index contributed by atoms with van der Waals surface area (Å²) in [6.45, 7) is 5.36. The molecule has 0 fully saturated rings. The van der Waals surface area contributed by atoms with Gasteiger partial charge in [-0.15, -0.1) is 0 Å². The minimum absolute atomic E-state index is 0.0322. The van der Waals surface area contributed by atoms with E-state index in [9.17, 15) is 26.8 Å². The first-order chi connectivity index (χ1) is 16.3. The average molecular weight is 574 g/mol. The van der Waals surface area contributed by atoms with Gasteiger partial charge < -0.3 is 10.2 Å². The summed E-state index contributed by atoms with van der Waals surface area (Å²) in [4.78, 5) is 27.3. The highest BCUT2D eigenvalue weighted by atomic mass is 79.9. The van der Waals surface area contributed by atoms with Gasteiger partial charge in [0.1, 0.15) is 6.04 Å². The van der Waals surface area contributed by atoms with Crippen LogP contribution in [-0.2, 0) is 26.2 Å². The summed E-state index contributed by atoms with van der Waals surface area (Å²) in [5.74, 6) is -2.89. The Morgan fingerprint density at radius 1 is 1.03 bits per heavy atom. The number of amides is 2. The van der Waals surface area contributed by atoms with Crippen LogP contribution in [0, 0.1) is 11.6 Å². The average Bonchev–Trinajstić information content (AvgIpc) is 2.76. The summed E-state index contributed by atoms with van der Waals surface area (Å²) in [7, 11) is -3.81. The number of nitrogens with one attached hydrogen (secondary N) is 1. The zero-order valence-corrected chi connectivity index (χ0v) is 22.5. The fraction of sp³-hybridized carbons (Fsp3) is 0.417. The van der Waals surface area contributed by atoms with Crippen molar-refractivity contribution < 1.29 is 26.8 Å². The third kappa shape index (κ3) is 8.57. The van der Waals surface area contributed by atoms with Crippen molar-refractivity contribution in [2.75, 3.05) is 17.1 Å². The van der Waals surface area contributed by atoms with E-state index in [-0.39, 0.29) is 49.5 Å². The number of anilines is 1. The molecule has 0 aliphatic rings. The number of rotatable bonds is 11. The van der Waals surface area contributed by atoms with Crippen LogP contribution in [-0.4, -0.2) is 50.0 Å². The molecule has 2 rings (SSSR count). The molecule has 7 nitrogen and oxygen atoms in total. The van der Waals surface area contributed by atoms with Crippen molar-refractivity contribution in [1.29, 1.82) is 0 Å². The van der Waals surface area contributed by atoms with E-state index >= 15 is 0 Å². The van der Waals surface area contributed by atoms with Gasteiger partial charge in [-0.3, -0.25) is 13.9 Å². The van der Waals surface area contributed by atoms with Gasteiger partial charge in [-0.25, -0.2) is 17.2 Å². The van der Waals surface area contributed by atoms with Gasteiger partial charge in [-0.05, 0) is 57.0 Å². The third-order valence-electron chi connectivity index (χ3n) is 5.21. The lowest BCUT2D eigenvalue weighted by Gasteiger charge is -2.30. The number of halogens is 3. The first-order valence-electron chi connectivity index (χ1n) is 11.1. The van der Waals surface area contributed by atoms with E-state index in [1.807, 2.05) is 38.1 Å². The molecule has 192 valence electrons. The molecule has 0 bridgehead atoms. The van der Waals surface area contributed by atoms with Crippen LogP contribution in [0.2, 0.25) is 0 Å². The van der Waals surface area contributed by atoms with E-state index in [1.54, 1.807) is 6.92 Å². The lowest BCUT2D eigenvalue weighted by atomic mass is 10.1. The fourth-order valence-electron chi connectivity index (χ4n) is 3.42. The van der Waals surface area contributed by atoms with Crippen LogP contribution < -0.4 is 9.62 Å². The van der Waals surface area contributed by atoms with Crippen LogP contribution in [0.1, 0.15) is 39.2 Å². The maximum absolute atomic E-state index is 13.7. The van der Waals surface area contributed by atoms with E-state index in [2.05, 4.69) is 21.2 Å². The Balaban J connectivity index is 2.18. The predicted octanol–water partition coefficient (Wildman–Crippen LogP) is 4.22. The molecule has 0 aliphatic carbocycles. The van der Waals surface area contributed by atoms with Crippen LogP contribution in [0.5, 0.6) is 0 Å². The van der Waals surface area contributed by atoms with Gasteiger partial charge in [0, 0.05) is 36.1 Å². The molecule has 0 heterocycles. The topological polar surface area (TPSA) is 86.8 Å². The van der Waals surface area contributed by atoms with Gasteiger partial charge in [0.05, 0.1) is 11.9 Å². The zero-order valence-electron chi connectivity index (χ0n) is 20.1. The van der Waals surface area contributed by atoms with Crippen LogP contribution in [0.3, 0.4) is 0 Å². The summed E-state index contributed by atoms with van der Waals surface area (Å²) < 4.78 is 53.3. The Hall–Kier alpha value is -2.53. The highest BCUT2D eigenvalue weighted by molar-refractivity contribution is 9.10. The summed E-state index contributed by atoms with van der Waals surface area (Å²) in [5.41, 5.74) is 0.792. The number of benzene rings is 2. The molecule has 35 heavy (non-hydrogen) atoms. The normalized spacial score (nSPS) is 12.3. The molecular weight excluding hydrogens is 544 g/mol. The summed E-state index contributed by atoms with van der Waals surface area (Å²) >= 11 is 3.37. The molecule has 1 N–H and O–H groups in total. The molecule has 2 amide bonds. The first kappa shape index (κ1) is 28.7. The van der Waals surface area contributed by atoms with Crippen LogP contribution in [0.15, 0.2) is 46.9 Å². The summed E-state index contributed by atoms with van der Waals surface area (Å²) in [6, 6.07) is 9.31.